The summed E-state index contributed by atoms with van der Waals surface area (Å²) in [4.78, 5) is 0. The predicted molar refractivity (Wildman–Crippen MR) is 82.7 cm³/mol. The summed E-state index contributed by atoms with van der Waals surface area (Å²) in [6.07, 6.45) is -4.33. The van der Waals surface area contributed by atoms with Crippen molar-refractivity contribution >= 4 is 33.2 Å². The first-order valence-corrected chi connectivity index (χ1v) is 7.30. The van der Waals surface area contributed by atoms with E-state index in [1.165, 1.54) is 6.07 Å². The summed E-state index contributed by atoms with van der Waals surface area (Å²) < 4.78 is 38.8. The van der Waals surface area contributed by atoms with Crippen molar-refractivity contribution in [3.05, 3.63) is 62.6 Å². The van der Waals surface area contributed by atoms with E-state index in [0.717, 1.165) is 27.9 Å². The third-order valence-corrected chi connectivity index (χ3v) is 4.05. The molecule has 0 heterocycles. The molecule has 0 unspecified atom stereocenters. The van der Waals surface area contributed by atoms with Gasteiger partial charge in [0.2, 0.25) is 0 Å². The number of hydrogen-bond donors (Lipinski definition) is 1. The molecular weight excluding hydrogens is 367 g/mol. The van der Waals surface area contributed by atoms with Gasteiger partial charge in [0.15, 0.2) is 0 Å². The first-order valence-electron chi connectivity index (χ1n) is 6.13. The van der Waals surface area contributed by atoms with Gasteiger partial charge in [0.25, 0.3) is 0 Å². The third-order valence-electron chi connectivity index (χ3n) is 2.99. The second-order valence-corrected chi connectivity index (χ2v) is 5.89. The molecule has 0 radical (unpaired) electrons. The Hall–Kier alpha value is -1.20. The van der Waals surface area contributed by atoms with Gasteiger partial charge in [0, 0.05) is 16.0 Å². The van der Waals surface area contributed by atoms with Gasteiger partial charge in [-0.05, 0) is 58.2 Å². The number of halogens is 5. The van der Waals surface area contributed by atoms with Crippen LogP contribution in [-0.2, 0) is 12.7 Å². The molecule has 112 valence electrons. The molecule has 0 bridgehead atoms. The Bertz CT molecular complexity index is 656. The van der Waals surface area contributed by atoms with Crippen LogP contribution in [0.2, 0.25) is 5.02 Å². The second kappa shape index (κ2) is 6.28. The molecule has 2 aromatic rings. The Kier molecular flexibility index (Phi) is 4.84. The van der Waals surface area contributed by atoms with Gasteiger partial charge in [0.1, 0.15) is 0 Å². The van der Waals surface area contributed by atoms with Crippen LogP contribution in [0.4, 0.5) is 18.9 Å². The van der Waals surface area contributed by atoms with E-state index in [-0.39, 0.29) is 6.54 Å². The molecule has 0 aliphatic rings. The van der Waals surface area contributed by atoms with E-state index in [1.807, 2.05) is 13.0 Å². The molecule has 2 aromatic carbocycles. The van der Waals surface area contributed by atoms with Crippen molar-refractivity contribution in [1.29, 1.82) is 0 Å². The first kappa shape index (κ1) is 16.2. The molecule has 0 aromatic heterocycles. The van der Waals surface area contributed by atoms with Crippen molar-refractivity contribution in [3.8, 4) is 0 Å². The average Bonchev–Trinajstić information content (AvgIpc) is 2.41. The molecule has 1 nitrogen and oxygen atoms in total. The molecule has 1 N–H and O–H groups in total. The molecule has 2 rings (SSSR count). The van der Waals surface area contributed by atoms with Gasteiger partial charge >= 0.3 is 6.18 Å². The van der Waals surface area contributed by atoms with Gasteiger partial charge in [-0.3, -0.25) is 0 Å². The molecule has 0 atom stereocenters. The minimum Gasteiger partial charge on any atom is -0.380 e. The van der Waals surface area contributed by atoms with Crippen LogP contribution in [0.25, 0.3) is 0 Å². The third kappa shape index (κ3) is 4.14. The van der Waals surface area contributed by atoms with Gasteiger partial charge < -0.3 is 5.32 Å². The quantitative estimate of drug-likeness (QED) is 0.686. The monoisotopic (exact) mass is 377 g/mol. The van der Waals surface area contributed by atoms with Crippen molar-refractivity contribution in [2.75, 3.05) is 5.32 Å². The minimum absolute atomic E-state index is 0.280. The highest BCUT2D eigenvalue weighted by Crippen LogP contribution is 2.31. The van der Waals surface area contributed by atoms with E-state index >= 15 is 0 Å². The summed E-state index contributed by atoms with van der Waals surface area (Å²) in [5.41, 5.74) is 1.56. The normalized spacial score (nSPS) is 11.5. The van der Waals surface area contributed by atoms with E-state index < -0.39 is 11.7 Å². The largest absolute Gasteiger partial charge is 0.416 e. The fraction of sp³-hybridized carbons (Fsp3) is 0.200. The maximum absolute atomic E-state index is 12.6. The number of rotatable bonds is 3. The standard InChI is InChI=1S/C15H12BrClF3N/c1-9-5-12(16)14(7-13(9)17)21-8-10-3-2-4-11(6-10)15(18,19)20/h2-7,21H,8H2,1H3. The lowest BCUT2D eigenvalue weighted by Crippen LogP contribution is -2.07. The van der Waals surface area contributed by atoms with Crippen molar-refractivity contribution < 1.29 is 13.2 Å². The number of anilines is 1. The Morgan fingerprint density at radius 3 is 2.57 bits per heavy atom. The van der Waals surface area contributed by atoms with Crippen LogP contribution in [0.15, 0.2) is 40.9 Å². The van der Waals surface area contributed by atoms with Gasteiger partial charge in [-0.15, -0.1) is 0 Å². The number of nitrogens with one attached hydrogen (secondary N) is 1. The average molecular weight is 379 g/mol. The van der Waals surface area contributed by atoms with Crippen LogP contribution in [0.1, 0.15) is 16.7 Å². The van der Waals surface area contributed by atoms with E-state index in [4.69, 9.17) is 11.6 Å². The second-order valence-electron chi connectivity index (χ2n) is 4.63. The van der Waals surface area contributed by atoms with Gasteiger partial charge in [0.05, 0.1) is 11.3 Å². The zero-order chi connectivity index (χ0) is 15.6. The lowest BCUT2D eigenvalue weighted by atomic mass is 10.1. The van der Waals surface area contributed by atoms with Crippen LogP contribution in [0.3, 0.4) is 0 Å². The number of hydrogen-bond acceptors (Lipinski definition) is 1. The Morgan fingerprint density at radius 2 is 1.90 bits per heavy atom. The lowest BCUT2D eigenvalue weighted by molar-refractivity contribution is -0.137. The summed E-state index contributed by atoms with van der Waals surface area (Å²) >= 11 is 9.44. The van der Waals surface area contributed by atoms with Gasteiger partial charge in [-0.1, -0.05) is 23.7 Å². The van der Waals surface area contributed by atoms with Crippen LogP contribution in [0, 0.1) is 6.92 Å². The zero-order valence-electron chi connectivity index (χ0n) is 11.1. The molecule has 0 aliphatic heterocycles. The molecule has 0 saturated heterocycles. The Balaban J connectivity index is 2.15. The highest BCUT2D eigenvalue weighted by Gasteiger charge is 2.30. The van der Waals surface area contributed by atoms with E-state index in [1.54, 1.807) is 12.1 Å². The summed E-state index contributed by atoms with van der Waals surface area (Å²) in [5, 5.41) is 3.68. The molecule has 6 heteroatoms. The van der Waals surface area contributed by atoms with Crippen LogP contribution < -0.4 is 5.32 Å². The summed E-state index contributed by atoms with van der Waals surface area (Å²) in [6.45, 7) is 2.16. The first-order chi connectivity index (χ1) is 9.77. The summed E-state index contributed by atoms with van der Waals surface area (Å²) in [6, 6.07) is 8.84. The van der Waals surface area contributed by atoms with Crippen LogP contribution in [-0.4, -0.2) is 0 Å². The number of benzene rings is 2. The van der Waals surface area contributed by atoms with Crippen molar-refractivity contribution in [2.45, 2.75) is 19.6 Å². The fourth-order valence-corrected chi connectivity index (χ4v) is 2.60. The van der Waals surface area contributed by atoms with E-state index in [9.17, 15) is 13.2 Å². The van der Waals surface area contributed by atoms with Crippen LogP contribution in [0.5, 0.6) is 0 Å². The maximum Gasteiger partial charge on any atom is 0.416 e. The predicted octanol–water partition coefficient (Wildman–Crippen LogP) is 6.04. The lowest BCUT2D eigenvalue weighted by Gasteiger charge is -2.12. The molecule has 0 amide bonds. The maximum atomic E-state index is 12.6. The molecule has 0 fully saturated rings. The summed E-state index contributed by atoms with van der Waals surface area (Å²) in [7, 11) is 0. The van der Waals surface area contributed by atoms with Gasteiger partial charge in [-0.25, -0.2) is 0 Å². The van der Waals surface area contributed by atoms with Gasteiger partial charge in [-0.2, -0.15) is 13.2 Å². The molecule has 21 heavy (non-hydrogen) atoms. The fourth-order valence-electron chi connectivity index (χ4n) is 1.84. The smallest absolute Gasteiger partial charge is 0.380 e. The van der Waals surface area contributed by atoms with Crippen molar-refractivity contribution in [3.63, 3.8) is 0 Å². The highest BCUT2D eigenvalue weighted by atomic mass is 79.9. The van der Waals surface area contributed by atoms with E-state index in [2.05, 4.69) is 21.2 Å². The van der Waals surface area contributed by atoms with E-state index in [0.29, 0.717) is 10.6 Å². The molecule has 0 spiro atoms. The SMILES string of the molecule is Cc1cc(Br)c(NCc2cccc(C(F)(F)F)c2)cc1Cl. The highest BCUT2D eigenvalue weighted by molar-refractivity contribution is 9.10. The Labute approximate surface area is 134 Å². The summed E-state index contributed by atoms with van der Waals surface area (Å²) in [5.74, 6) is 0. The number of aryl methyl sites for hydroxylation is 1. The molecular formula is C15H12BrClF3N. The Morgan fingerprint density at radius 1 is 1.19 bits per heavy atom. The van der Waals surface area contributed by atoms with Crippen LogP contribution >= 0.6 is 27.5 Å². The molecule has 0 saturated carbocycles. The number of alkyl halides is 3. The zero-order valence-corrected chi connectivity index (χ0v) is 13.4. The van der Waals surface area contributed by atoms with Crippen molar-refractivity contribution in [1.82, 2.24) is 0 Å². The molecule has 0 aliphatic carbocycles. The van der Waals surface area contributed by atoms with Crippen molar-refractivity contribution in [2.24, 2.45) is 0 Å². The minimum atomic E-state index is -4.33. The topological polar surface area (TPSA) is 12.0 Å².